The molecule has 2 rings (SSSR count). The molecule has 3 amide bonds. The van der Waals surface area contributed by atoms with Crippen LogP contribution in [-0.2, 0) is 25.3 Å². The number of urea groups is 1. The van der Waals surface area contributed by atoms with E-state index in [1.807, 2.05) is 0 Å². The normalized spacial score (nSPS) is 19.8. The fourth-order valence-electron chi connectivity index (χ4n) is 3.00. The molecule has 1 aliphatic heterocycles. The number of hydrogen-bond acceptors (Lipinski definition) is 9. The Labute approximate surface area is 184 Å². The monoisotopic (exact) mass is 475 g/mol. The third kappa shape index (κ3) is 5.36. The molecule has 0 spiro atoms. The topological polar surface area (TPSA) is 165 Å². The summed E-state index contributed by atoms with van der Waals surface area (Å²) in [6.07, 6.45) is -6.09. The summed E-state index contributed by atoms with van der Waals surface area (Å²) in [6, 6.07) is -0.325. The molecule has 1 saturated heterocycles. The molecule has 1 heterocycles. The number of rotatable bonds is 7. The zero-order valence-corrected chi connectivity index (χ0v) is 17.6. The van der Waals surface area contributed by atoms with Gasteiger partial charge in [-0.3, -0.25) is 24.6 Å². The number of hydrogen-bond donors (Lipinski definition) is 2. The van der Waals surface area contributed by atoms with E-state index in [4.69, 9.17) is 10.5 Å². The van der Waals surface area contributed by atoms with Gasteiger partial charge in [0.05, 0.1) is 10.5 Å². The molecule has 1 aromatic carbocycles. The highest BCUT2D eigenvalue weighted by Crippen LogP contribution is 2.35. The molecule has 0 aliphatic carbocycles. The van der Waals surface area contributed by atoms with E-state index in [1.165, 1.54) is 14.0 Å². The number of carbonyl (C=O) groups excluding carboxylic acids is 4. The summed E-state index contributed by atoms with van der Waals surface area (Å²) < 4.78 is 43.2. The second kappa shape index (κ2) is 9.40. The predicted octanol–water partition coefficient (Wildman–Crippen LogP) is 0.951. The maximum Gasteiger partial charge on any atom is 0.416 e. The number of ether oxygens (including phenoxy) is 1. The molecule has 1 aromatic rings. The van der Waals surface area contributed by atoms with Gasteiger partial charge in [-0.2, -0.15) is 13.2 Å². The average molecular weight is 475 g/mol. The molecule has 1 aliphatic rings. The smallest absolute Gasteiger partial charge is 0.416 e. The van der Waals surface area contributed by atoms with Gasteiger partial charge in [0.15, 0.2) is 12.4 Å². The van der Waals surface area contributed by atoms with Gasteiger partial charge in [-0.25, -0.2) is 9.59 Å². The van der Waals surface area contributed by atoms with Crippen LogP contribution in [0.1, 0.15) is 12.5 Å². The van der Waals surface area contributed by atoms with E-state index in [2.05, 4.69) is 5.32 Å². The van der Waals surface area contributed by atoms with Crippen molar-refractivity contribution in [1.29, 1.82) is 0 Å². The number of carbonyl (C=O) groups is 4. The van der Waals surface area contributed by atoms with Crippen LogP contribution in [0.15, 0.2) is 18.2 Å². The fourth-order valence-corrected chi connectivity index (χ4v) is 3.00. The Kier molecular flexibility index (Phi) is 7.26. The molecule has 0 radical (unpaired) electrons. The predicted molar refractivity (Wildman–Crippen MR) is 105 cm³/mol. The minimum Gasteiger partial charge on any atom is -0.456 e. The van der Waals surface area contributed by atoms with Crippen LogP contribution in [0, 0.1) is 16.0 Å². The number of nitro benzene ring substituents is 1. The lowest BCUT2D eigenvalue weighted by molar-refractivity contribution is -0.384. The Balaban J connectivity index is 2.07. The SMILES string of the molecule is C[C@H](Nc1ccc(C(F)(F)F)cc1[N+](=O)[O-])C(=O)OCC(=O)C1C(=O)N(C)C(=O)N(C)C1N. The molecule has 33 heavy (non-hydrogen) atoms. The Hall–Kier alpha value is -3.75. The van der Waals surface area contributed by atoms with Crippen molar-refractivity contribution in [2.45, 2.75) is 25.3 Å². The van der Waals surface area contributed by atoms with Gasteiger partial charge >= 0.3 is 18.2 Å². The summed E-state index contributed by atoms with van der Waals surface area (Å²) >= 11 is 0. The molecule has 0 bridgehead atoms. The summed E-state index contributed by atoms with van der Waals surface area (Å²) in [5.41, 5.74) is 3.21. The van der Waals surface area contributed by atoms with E-state index in [1.54, 1.807) is 0 Å². The number of benzene rings is 1. The van der Waals surface area contributed by atoms with Crippen LogP contribution in [-0.4, -0.2) is 71.3 Å². The lowest BCUT2D eigenvalue weighted by Crippen LogP contribution is -2.64. The van der Waals surface area contributed by atoms with Crippen molar-refractivity contribution in [2.75, 3.05) is 26.0 Å². The van der Waals surface area contributed by atoms with Crippen molar-refractivity contribution in [1.82, 2.24) is 9.80 Å². The minimum atomic E-state index is -4.81. The van der Waals surface area contributed by atoms with E-state index in [0.717, 1.165) is 18.0 Å². The Morgan fingerprint density at radius 3 is 2.45 bits per heavy atom. The Bertz CT molecular complexity index is 1000. The van der Waals surface area contributed by atoms with Gasteiger partial charge in [-0.05, 0) is 19.1 Å². The van der Waals surface area contributed by atoms with Crippen LogP contribution in [0.2, 0.25) is 0 Å². The third-order valence-corrected chi connectivity index (χ3v) is 4.92. The zero-order chi connectivity index (χ0) is 25.2. The number of nitrogens with one attached hydrogen (secondary N) is 1. The molecule has 0 saturated carbocycles. The highest BCUT2D eigenvalue weighted by Gasteiger charge is 2.45. The lowest BCUT2D eigenvalue weighted by atomic mass is 9.96. The standard InChI is InChI=1S/C18H20F3N5O7/c1-8(23-10-5-4-9(18(19,20)21)6-11(10)26(31)32)16(29)33-7-12(27)13-14(22)24(2)17(30)25(3)15(13)28/h4-6,8,13-14,23H,7,22H2,1-3H3/t8-,13?,14?/m0/s1. The van der Waals surface area contributed by atoms with E-state index in [0.29, 0.717) is 17.0 Å². The number of nitrogens with two attached hydrogens (primary N) is 1. The van der Waals surface area contributed by atoms with Gasteiger partial charge < -0.3 is 20.7 Å². The van der Waals surface area contributed by atoms with Gasteiger partial charge in [-0.1, -0.05) is 0 Å². The molecule has 0 aromatic heterocycles. The first-order chi connectivity index (χ1) is 15.2. The van der Waals surface area contributed by atoms with Gasteiger partial charge in [0, 0.05) is 20.2 Å². The molecular weight excluding hydrogens is 455 g/mol. The molecular formula is C18H20F3N5O7. The van der Waals surface area contributed by atoms with Crippen molar-refractivity contribution >= 4 is 35.1 Å². The number of anilines is 1. The molecule has 3 atom stereocenters. The first kappa shape index (κ1) is 25.5. The van der Waals surface area contributed by atoms with Crippen molar-refractivity contribution in [3.8, 4) is 0 Å². The number of amides is 3. The second-order valence-corrected chi connectivity index (χ2v) is 7.19. The van der Waals surface area contributed by atoms with Crippen LogP contribution in [0.3, 0.4) is 0 Å². The van der Waals surface area contributed by atoms with Crippen molar-refractivity contribution in [3.05, 3.63) is 33.9 Å². The van der Waals surface area contributed by atoms with E-state index < -0.39 is 70.8 Å². The Morgan fingerprint density at radius 1 is 1.30 bits per heavy atom. The summed E-state index contributed by atoms with van der Waals surface area (Å²) in [7, 11) is 2.44. The first-order valence-electron chi connectivity index (χ1n) is 9.28. The summed E-state index contributed by atoms with van der Waals surface area (Å²) in [5, 5.41) is 13.5. The van der Waals surface area contributed by atoms with Gasteiger partial charge in [-0.15, -0.1) is 0 Å². The summed E-state index contributed by atoms with van der Waals surface area (Å²) in [6.45, 7) is 0.311. The number of ketones is 1. The number of nitro groups is 1. The highest BCUT2D eigenvalue weighted by atomic mass is 19.4. The van der Waals surface area contributed by atoms with Crippen LogP contribution < -0.4 is 11.1 Å². The highest BCUT2D eigenvalue weighted by molar-refractivity contribution is 6.10. The maximum atomic E-state index is 12.8. The van der Waals surface area contributed by atoms with Crippen LogP contribution in [0.4, 0.5) is 29.3 Å². The van der Waals surface area contributed by atoms with E-state index in [-0.39, 0.29) is 5.69 Å². The fraction of sp³-hybridized carbons (Fsp3) is 0.444. The quantitative estimate of drug-likeness (QED) is 0.253. The molecule has 1 fully saturated rings. The van der Waals surface area contributed by atoms with Gasteiger partial charge in [0.1, 0.15) is 23.8 Å². The summed E-state index contributed by atoms with van der Waals surface area (Å²) in [4.78, 5) is 60.4. The van der Waals surface area contributed by atoms with Crippen molar-refractivity contribution < 1.29 is 42.0 Å². The van der Waals surface area contributed by atoms with Crippen molar-refractivity contribution in [2.24, 2.45) is 11.7 Å². The van der Waals surface area contributed by atoms with Crippen molar-refractivity contribution in [3.63, 3.8) is 0 Å². The maximum absolute atomic E-state index is 12.8. The molecule has 180 valence electrons. The third-order valence-electron chi connectivity index (χ3n) is 4.92. The second-order valence-electron chi connectivity index (χ2n) is 7.19. The molecule has 3 N–H and O–H groups in total. The van der Waals surface area contributed by atoms with Crippen LogP contribution >= 0.6 is 0 Å². The number of esters is 1. The molecule has 15 heteroatoms. The van der Waals surface area contributed by atoms with E-state index in [9.17, 15) is 42.5 Å². The molecule has 2 unspecified atom stereocenters. The zero-order valence-electron chi connectivity index (χ0n) is 17.6. The number of alkyl halides is 3. The number of nitrogens with zero attached hydrogens (tertiary/aromatic N) is 3. The van der Waals surface area contributed by atoms with Crippen LogP contribution in [0.25, 0.3) is 0 Å². The molecule has 12 nitrogen and oxygen atoms in total. The van der Waals surface area contributed by atoms with Gasteiger partial charge in [0.2, 0.25) is 5.91 Å². The minimum absolute atomic E-state index is 0.314. The number of Topliss-reactive ketones (excluding diaryl/α,β-unsaturated/α-hetero) is 1. The number of imide groups is 1. The lowest BCUT2D eigenvalue weighted by Gasteiger charge is -2.38. The van der Waals surface area contributed by atoms with Gasteiger partial charge in [0.25, 0.3) is 5.69 Å². The summed E-state index contributed by atoms with van der Waals surface area (Å²) in [5.74, 6) is -4.32. The first-order valence-corrected chi connectivity index (χ1v) is 9.28. The number of halogens is 3. The van der Waals surface area contributed by atoms with E-state index >= 15 is 0 Å². The Morgan fingerprint density at radius 2 is 1.91 bits per heavy atom. The largest absolute Gasteiger partial charge is 0.456 e. The van der Waals surface area contributed by atoms with Crippen LogP contribution in [0.5, 0.6) is 0 Å². The average Bonchev–Trinajstić information content (AvgIpc) is 2.73.